The summed E-state index contributed by atoms with van der Waals surface area (Å²) in [6, 6.07) is 16.4. The van der Waals surface area contributed by atoms with Crippen LogP contribution in [0.25, 0.3) is 11.1 Å². The lowest BCUT2D eigenvalue weighted by atomic mass is 9.99. The Labute approximate surface area is 164 Å². The van der Waals surface area contributed by atoms with Crippen LogP contribution in [0.15, 0.2) is 48.5 Å². The molecule has 0 aliphatic carbocycles. The monoisotopic (exact) mass is 376 g/mol. The predicted octanol–water partition coefficient (Wildman–Crippen LogP) is 2.15. The smallest absolute Gasteiger partial charge is 0.248 e. The highest BCUT2D eigenvalue weighted by Gasteiger charge is 2.22. The number of nitrogens with zero attached hydrogens (tertiary/aromatic N) is 1. The van der Waals surface area contributed by atoms with Crippen LogP contribution in [0.5, 0.6) is 0 Å². The first-order valence-corrected chi connectivity index (χ1v) is 9.49. The fraction of sp³-hybridized carbons (Fsp3) is 0.318. The third kappa shape index (κ3) is 4.96. The van der Waals surface area contributed by atoms with Crippen molar-refractivity contribution in [2.24, 2.45) is 5.73 Å². The zero-order valence-corrected chi connectivity index (χ0v) is 15.7. The molecule has 2 amide bonds. The first-order valence-electron chi connectivity index (χ1n) is 9.49. The van der Waals surface area contributed by atoms with Crippen LogP contribution in [0.3, 0.4) is 0 Å². The highest BCUT2D eigenvalue weighted by molar-refractivity contribution is 5.93. The maximum atomic E-state index is 12.3. The Morgan fingerprint density at radius 2 is 1.75 bits per heavy atom. The summed E-state index contributed by atoms with van der Waals surface area (Å²) in [6.45, 7) is 0.844. The summed E-state index contributed by atoms with van der Waals surface area (Å²) in [6.07, 6.45) is 3.39. The number of piperidine rings is 1. The molecule has 0 aromatic heterocycles. The zero-order chi connectivity index (χ0) is 19.9. The minimum atomic E-state index is -0.558. The van der Waals surface area contributed by atoms with Crippen LogP contribution in [-0.2, 0) is 11.2 Å². The van der Waals surface area contributed by atoms with E-state index >= 15 is 0 Å². The second-order valence-electron chi connectivity index (χ2n) is 7.04. The van der Waals surface area contributed by atoms with E-state index in [-0.39, 0.29) is 11.9 Å². The van der Waals surface area contributed by atoms with Crippen molar-refractivity contribution in [2.75, 3.05) is 6.54 Å². The quantitative estimate of drug-likeness (QED) is 0.718. The van der Waals surface area contributed by atoms with Crippen molar-refractivity contribution in [1.82, 2.24) is 10.6 Å². The van der Waals surface area contributed by atoms with Crippen molar-refractivity contribution in [1.29, 1.82) is 5.26 Å². The fourth-order valence-corrected chi connectivity index (χ4v) is 3.37. The Balaban J connectivity index is 1.61. The van der Waals surface area contributed by atoms with E-state index < -0.39 is 11.9 Å². The van der Waals surface area contributed by atoms with Crippen LogP contribution in [0.1, 0.15) is 35.2 Å². The Morgan fingerprint density at radius 1 is 1.11 bits per heavy atom. The molecule has 0 unspecified atom stereocenters. The van der Waals surface area contributed by atoms with Crippen molar-refractivity contribution >= 4 is 11.8 Å². The summed E-state index contributed by atoms with van der Waals surface area (Å²) in [5.74, 6) is -0.549. The van der Waals surface area contributed by atoms with E-state index in [1.54, 1.807) is 12.1 Å². The minimum absolute atomic E-state index is 0.0996. The Bertz CT molecular complexity index is 863. The van der Waals surface area contributed by atoms with Gasteiger partial charge in [-0.1, -0.05) is 42.8 Å². The summed E-state index contributed by atoms with van der Waals surface area (Å²) in [7, 11) is 0. The third-order valence-corrected chi connectivity index (χ3v) is 5.00. The molecule has 0 radical (unpaired) electrons. The number of benzene rings is 2. The van der Waals surface area contributed by atoms with E-state index in [0.717, 1.165) is 42.5 Å². The summed E-state index contributed by atoms with van der Waals surface area (Å²) >= 11 is 0. The number of rotatable bonds is 6. The second-order valence-corrected chi connectivity index (χ2v) is 7.04. The van der Waals surface area contributed by atoms with Crippen molar-refractivity contribution in [3.8, 4) is 17.2 Å². The van der Waals surface area contributed by atoms with Crippen LogP contribution in [-0.4, -0.2) is 30.4 Å². The number of nitrogens with one attached hydrogen (secondary N) is 2. The van der Waals surface area contributed by atoms with E-state index in [0.29, 0.717) is 12.0 Å². The largest absolute Gasteiger partial charge is 0.366 e. The standard InChI is InChI=1S/C22H24N4O2/c23-14-19(26-22(28)20-3-1-2-12-25-20)13-15-4-6-16(7-5-15)17-8-10-18(11-9-17)21(24)27/h4-11,19-20,25H,1-3,12-13H2,(H2,24,27)(H,26,28)/t19-,20-/m0/s1. The molecule has 6 heteroatoms. The molecule has 1 saturated heterocycles. The van der Waals surface area contributed by atoms with Gasteiger partial charge in [0.25, 0.3) is 0 Å². The molecule has 28 heavy (non-hydrogen) atoms. The van der Waals surface area contributed by atoms with Gasteiger partial charge in [-0.3, -0.25) is 9.59 Å². The number of carbonyl (C=O) groups is 2. The Kier molecular flexibility index (Phi) is 6.41. The van der Waals surface area contributed by atoms with Crippen LogP contribution in [0.2, 0.25) is 0 Å². The van der Waals surface area contributed by atoms with Gasteiger partial charge in [-0.05, 0) is 48.2 Å². The normalized spacial score (nSPS) is 17.3. The zero-order valence-electron chi connectivity index (χ0n) is 15.7. The van der Waals surface area contributed by atoms with Gasteiger partial charge in [-0.2, -0.15) is 5.26 Å². The van der Waals surface area contributed by atoms with Crippen molar-refractivity contribution in [3.05, 3.63) is 59.7 Å². The molecule has 1 fully saturated rings. The average Bonchev–Trinajstić information content (AvgIpc) is 2.74. The van der Waals surface area contributed by atoms with Gasteiger partial charge in [0.15, 0.2) is 0 Å². The van der Waals surface area contributed by atoms with Crippen LogP contribution < -0.4 is 16.4 Å². The molecular formula is C22H24N4O2. The molecule has 1 aliphatic heterocycles. The number of nitriles is 1. The van der Waals surface area contributed by atoms with E-state index in [2.05, 4.69) is 16.7 Å². The van der Waals surface area contributed by atoms with Gasteiger partial charge in [0.2, 0.25) is 11.8 Å². The summed E-state index contributed by atoms with van der Waals surface area (Å²) in [4.78, 5) is 23.5. The maximum Gasteiger partial charge on any atom is 0.248 e. The molecule has 6 nitrogen and oxygen atoms in total. The fourth-order valence-electron chi connectivity index (χ4n) is 3.37. The molecule has 1 aliphatic rings. The van der Waals surface area contributed by atoms with Crippen molar-refractivity contribution < 1.29 is 9.59 Å². The molecule has 3 rings (SSSR count). The van der Waals surface area contributed by atoms with E-state index in [1.165, 1.54) is 0 Å². The van der Waals surface area contributed by atoms with Crippen molar-refractivity contribution in [3.63, 3.8) is 0 Å². The predicted molar refractivity (Wildman–Crippen MR) is 107 cm³/mol. The van der Waals surface area contributed by atoms with Gasteiger partial charge in [0, 0.05) is 12.0 Å². The molecule has 2 aromatic rings. The van der Waals surface area contributed by atoms with Gasteiger partial charge in [-0.25, -0.2) is 0 Å². The Hall–Kier alpha value is -3.17. The van der Waals surface area contributed by atoms with Gasteiger partial charge in [0.05, 0.1) is 12.1 Å². The minimum Gasteiger partial charge on any atom is -0.366 e. The molecule has 2 atom stereocenters. The lowest BCUT2D eigenvalue weighted by molar-refractivity contribution is -0.124. The first-order chi connectivity index (χ1) is 13.6. The highest BCUT2D eigenvalue weighted by Crippen LogP contribution is 2.21. The molecule has 4 N–H and O–H groups in total. The maximum absolute atomic E-state index is 12.3. The SMILES string of the molecule is N#C[C@H](Cc1ccc(-c2ccc(C(N)=O)cc2)cc1)NC(=O)[C@@H]1CCCCN1. The number of carbonyl (C=O) groups excluding carboxylic acids is 2. The topological polar surface area (TPSA) is 108 Å². The first kappa shape index (κ1) is 19.6. The molecular weight excluding hydrogens is 352 g/mol. The second kappa shape index (κ2) is 9.16. The van der Waals surface area contributed by atoms with E-state index in [1.807, 2.05) is 36.4 Å². The lowest BCUT2D eigenvalue weighted by Crippen LogP contribution is -2.49. The Morgan fingerprint density at radius 3 is 2.29 bits per heavy atom. The van der Waals surface area contributed by atoms with E-state index in [4.69, 9.17) is 5.73 Å². The van der Waals surface area contributed by atoms with Crippen LogP contribution in [0.4, 0.5) is 0 Å². The van der Waals surface area contributed by atoms with Gasteiger partial charge < -0.3 is 16.4 Å². The molecule has 1 heterocycles. The highest BCUT2D eigenvalue weighted by atomic mass is 16.2. The summed E-state index contributed by atoms with van der Waals surface area (Å²) in [5.41, 5.74) is 8.69. The number of primary amides is 1. The molecule has 0 bridgehead atoms. The number of amides is 2. The molecule has 2 aromatic carbocycles. The van der Waals surface area contributed by atoms with Gasteiger partial charge >= 0.3 is 0 Å². The molecule has 0 spiro atoms. The van der Waals surface area contributed by atoms with Crippen molar-refractivity contribution in [2.45, 2.75) is 37.8 Å². The van der Waals surface area contributed by atoms with Crippen LogP contribution in [0, 0.1) is 11.3 Å². The average molecular weight is 376 g/mol. The van der Waals surface area contributed by atoms with Crippen LogP contribution >= 0.6 is 0 Å². The number of hydrogen-bond acceptors (Lipinski definition) is 4. The number of nitrogens with two attached hydrogens (primary N) is 1. The molecule has 144 valence electrons. The third-order valence-electron chi connectivity index (χ3n) is 5.00. The molecule has 0 saturated carbocycles. The summed E-state index contributed by atoms with van der Waals surface area (Å²) in [5, 5.41) is 15.5. The van der Waals surface area contributed by atoms with E-state index in [9.17, 15) is 14.9 Å². The lowest BCUT2D eigenvalue weighted by Gasteiger charge is -2.23. The van der Waals surface area contributed by atoms with Gasteiger partial charge in [-0.15, -0.1) is 0 Å². The van der Waals surface area contributed by atoms with Gasteiger partial charge in [0.1, 0.15) is 6.04 Å². The number of hydrogen-bond donors (Lipinski definition) is 3. The summed E-state index contributed by atoms with van der Waals surface area (Å²) < 4.78 is 0.